The van der Waals surface area contributed by atoms with Crippen LogP contribution in [0.3, 0.4) is 0 Å². The monoisotopic (exact) mass is 488 g/mol. The summed E-state index contributed by atoms with van der Waals surface area (Å²) < 4.78 is 6.00. The van der Waals surface area contributed by atoms with Gasteiger partial charge >= 0.3 is 0 Å². The third-order valence-corrected chi connectivity index (χ3v) is 7.11. The average Bonchev–Trinajstić information content (AvgIpc) is 3.47. The van der Waals surface area contributed by atoms with Crippen LogP contribution in [0.5, 0.6) is 0 Å². The van der Waals surface area contributed by atoms with Crippen molar-refractivity contribution in [2.24, 2.45) is 0 Å². The van der Waals surface area contributed by atoms with Crippen molar-refractivity contribution in [1.29, 1.82) is 0 Å². The highest BCUT2D eigenvalue weighted by atomic mass is 16.4. The number of aromatic nitrogens is 2. The van der Waals surface area contributed by atoms with Crippen LogP contribution < -0.4 is 0 Å². The molecule has 1 aromatic heterocycles. The summed E-state index contributed by atoms with van der Waals surface area (Å²) >= 11 is 0. The van der Waals surface area contributed by atoms with Crippen LogP contribution in [0.25, 0.3) is 66.7 Å². The molecule has 3 heteroatoms. The molecule has 3 nitrogen and oxygen atoms in total. The van der Waals surface area contributed by atoms with Crippen molar-refractivity contribution in [2.75, 3.05) is 0 Å². The molecule has 0 saturated carbocycles. The van der Waals surface area contributed by atoms with E-state index in [1.807, 2.05) is 30.3 Å². The lowest BCUT2D eigenvalue weighted by molar-refractivity contribution is 0.584. The van der Waals surface area contributed by atoms with Gasteiger partial charge in [-0.3, -0.25) is 0 Å². The highest BCUT2D eigenvalue weighted by Crippen LogP contribution is 2.44. The van der Waals surface area contributed by atoms with Gasteiger partial charge in [-0.25, -0.2) is 0 Å². The molecule has 0 bridgehead atoms. The summed E-state index contributed by atoms with van der Waals surface area (Å²) in [6.45, 7) is 2.16. The molecule has 0 radical (unpaired) electrons. The number of aryl methyl sites for hydroxylation is 1. The van der Waals surface area contributed by atoms with Gasteiger partial charge in [0.2, 0.25) is 11.8 Å². The van der Waals surface area contributed by atoms with Gasteiger partial charge in [0.1, 0.15) is 0 Å². The molecule has 0 spiro atoms. The number of hydrogen-bond donors (Lipinski definition) is 0. The van der Waals surface area contributed by atoms with Crippen LogP contribution in [0.2, 0.25) is 0 Å². The number of fused-ring (bicyclic) bond motifs is 2. The molecule has 0 aliphatic heterocycles. The number of nitrogens with zero attached hydrogens (tertiary/aromatic N) is 2. The zero-order valence-corrected chi connectivity index (χ0v) is 20.9. The summed E-state index contributed by atoms with van der Waals surface area (Å²) in [7, 11) is 0. The SMILES string of the molecule is Cc1ccc2c(-c3ccc(-c4nnc(-c5ccccc5)o4)cc3)c3ccccc3c(-c3ccccc3)c2c1. The highest BCUT2D eigenvalue weighted by Gasteiger charge is 2.17. The maximum Gasteiger partial charge on any atom is 0.248 e. The average molecular weight is 489 g/mol. The molecule has 0 fully saturated rings. The quantitative estimate of drug-likeness (QED) is 0.232. The Morgan fingerprint density at radius 2 is 0.868 bits per heavy atom. The molecule has 0 amide bonds. The Balaban J connectivity index is 1.40. The second-order valence-electron chi connectivity index (χ2n) is 9.57. The molecule has 6 aromatic carbocycles. The summed E-state index contributed by atoms with van der Waals surface area (Å²) in [5.41, 5.74) is 7.95. The Bertz CT molecular complexity index is 1900. The van der Waals surface area contributed by atoms with Gasteiger partial charge in [0.15, 0.2) is 0 Å². The van der Waals surface area contributed by atoms with E-state index in [4.69, 9.17) is 4.42 Å². The van der Waals surface area contributed by atoms with Gasteiger partial charge in [-0.15, -0.1) is 10.2 Å². The largest absolute Gasteiger partial charge is 0.416 e. The molecule has 38 heavy (non-hydrogen) atoms. The first-order chi connectivity index (χ1) is 18.8. The van der Waals surface area contributed by atoms with E-state index in [-0.39, 0.29) is 0 Å². The molecule has 180 valence electrons. The highest BCUT2D eigenvalue weighted by molar-refractivity contribution is 6.21. The second-order valence-corrected chi connectivity index (χ2v) is 9.57. The van der Waals surface area contributed by atoms with Crippen molar-refractivity contribution in [2.45, 2.75) is 6.92 Å². The van der Waals surface area contributed by atoms with Crippen molar-refractivity contribution >= 4 is 21.5 Å². The van der Waals surface area contributed by atoms with Crippen LogP contribution in [0.15, 0.2) is 132 Å². The molecule has 1 heterocycles. The predicted octanol–water partition coefficient (Wildman–Crippen LogP) is 9.35. The fourth-order valence-corrected chi connectivity index (χ4v) is 5.34. The lowest BCUT2D eigenvalue weighted by Crippen LogP contribution is -1.91. The van der Waals surface area contributed by atoms with E-state index in [1.165, 1.54) is 43.8 Å². The third-order valence-electron chi connectivity index (χ3n) is 7.11. The van der Waals surface area contributed by atoms with E-state index in [0.29, 0.717) is 11.8 Å². The van der Waals surface area contributed by atoms with Crippen molar-refractivity contribution in [3.05, 3.63) is 133 Å². The normalized spacial score (nSPS) is 11.3. The van der Waals surface area contributed by atoms with Gasteiger partial charge in [0, 0.05) is 11.1 Å². The van der Waals surface area contributed by atoms with E-state index < -0.39 is 0 Å². The summed E-state index contributed by atoms with van der Waals surface area (Å²) in [5, 5.41) is 13.5. The van der Waals surface area contributed by atoms with Gasteiger partial charge < -0.3 is 4.42 Å². The van der Waals surface area contributed by atoms with Crippen LogP contribution in [0.1, 0.15) is 5.56 Å². The maximum absolute atomic E-state index is 6.00. The summed E-state index contributed by atoms with van der Waals surface area (Å²) in [6.07, 6.45) is 0. The smallest absolute Gasteiger partial charge is 0.248 e. The summed E-state index contributed by atoms with van der Waals surface area (Å²) in [5.74, 6) is 1.04. The maximum atomic E-state index is 6.00. The van der Waals surface area contributed by atoms with E-state index in [1.54, 1.807) is 0 Å². The molecule has 0 atom stereocenters. The minimum Gasteiger partial charge on any atom is -0.416 e. The molecule has 7 rings (SSSR count). The van der Waals surface area contributed by atoms with Crippen LogP contribution in [0, 0.1) is 6.92 Å². The van der Waals surface area contributed by atoms with Gasteiger partial charge in [0.05, 0.1) is 0 Å². The minimum atomic E-state index is 0.514. The summed E-state index contributed by atoms with van der Waals surface area (Å²) in [4.78, 5) is 0. The number of hydrogen-bond acceptors (Lipinski definition) is 3. The zero-order valence-electron chi connectivity index (χ0n) is 20.9. The van der Waals surface area contributed by atoms with Gasteiger partial charge in [-0.1, -0.05) is 109 Å². The van der Waals surface area contributed by atoms with Crippen LogP contribution in [-0.2, 0) is 0 Å². The third kappa shape index (κ3) is 3.77. The Kier molecular flexibility index (Phi) is 5.33. The van der Waals surface area contributed by atoms with E-state index in [2.05, 4.69) is 114 Å². The molecule has 0 N–H and O–H groups in total. The zero-order chi connectivity index (χ0) is 25.5. The number of benzene rings is 6. The Hall–Kier alpha value is -5.02. The first-order valence-electron chi connectivity index (χ1n) is 12.8. The fraction of sp³-hybridized carbons (Fsp3) is 0.0286. The molecule has 0 aliphatic rings. The first kappa shape index (κ1) is 22.2. The van der Waals surface area contributed by atoms with Crippen LogP contribution >= 0.6 is 0 Å². The lowest BCUT2D eigenvalue weighted by atomic mass is 9.85. The molecule has 0 saturated heterocycles. The van der Waals surface area contributed by atoms with Crippen LogP contribution in [-0.4, -0.2) is 10.2 Å². The standard InChI is InChI=1S/C35H24N2O/c1-23-16-21-30-31(22-23)33(24-10-4-2-5-11-24)29-15-9-8-14-28(29)32(30)25-17-19-27(20-18-25)35-37-36-34(38-35)26-12-6-3-7-13-26/h2-22H,1H3. The fourth-order valence-electron chi connectivity index (χ4n) is 5.34. The predicted molar refractivity (Wildman–Crippen MR) is 156 cm³/mol. The van der Waals surface area contributed by atoms with E-state index in [9.17, 15) is 0 Å². The molecular formula is C35H24N2O. The first-order valence-corrected chi connectivity index (χ1v) is 12.8. The Labute approximate surface area is 221 Å². The van der Waals surface area contributed by atoms with Crippen molar-refractivity contribution in [3.63, 3.8) is 0 Å². The van der Waals surface area contributed by atoms with Crippen molar-refractivity contribution in [1.82, 2.24) is 10.2 Å². The Morgan fingerprint density at radius 3 is 1.50 bits per heavy atom. The molecule has 7 aromatic rings. The molecule has 0 unspecified atom stereocenters. The van der Waals surface area contributed by atoms with Crippen molar-refractivity contribution in [3.8, 4) is 45.2 Å². The van der Waals surface area contributed by atoms with Crippen LogP contribution in [0.4, 0.5) is 0 Å². The van der Waals surface area contributed by atoms with Gasteiger partial charge in [0.25, 0.3) is 0 Å². The van der Waals surface area contributed by atoms with Gasteiger partial charge in [-0.05, 0) is 75.0 Å². The van der Waals surface area contributed by atoms with Gasteiger partial charge in [-0.2, -0.15) is 0 Å². The topological polar surface area (TPSA) is 38.9 Å². The molecular weight excluding hydrogens is 464 g/mol. The second kappa shape index (κ2) is 9.13. The summed E-state index contributed by atoms with van der Waals surface area (Å²) in [6, 6.07) is 44.5. The minimum absolute atomic E-state index is 0.514. The lowest BCUT2D eigenvalue weighted by Gasteiger charge is -2.18. The van der Waals surface area contributed by atoms with E-state index in [0.717, 1.165) is 16.7 Å². The Morgan fingerprint density at radius 1 is 0.421 bits per heavy atom. The van der Waals surface area contributed by atoms with Crippen molar-refractivity contribution < 1.29 is 4.42 Å². The number of rotatable bonds is 4. The molecule has 0 aliphatic carbocycles. The van der Waals surface area contributed by atoms with E-state index >= 15 is 0 Å².